The molecule has 0 spiro atoms. The van der Waals surface area contributed by atoms with Crippen molar-refractivity contribution >= 4 is 17.7 Å². The van der Waals surface area contributed by atoms with E-state index in [2.05, 4.69) is 19.1 Å². The van der Waals surface area contributed by atoms with Crippen molar-refractivity contribution in [3.05, 3.63) is 89.9 Å². The molecule has 2 aromatic carbocycles. The minimum atomic E-state index is 0.105. The Balaban J connectivity index is 1.69. The molecule has 3 aromatic rings. The van der Waals surface area contributed by atoms with E-state index >= 15 is 0 Å². The van der Waals surface area contributed by atoms with E-state index in [4.69, 9.17) is 4.42 Å². The third kappa shape index (κ3) is 5.00. The van der Waals surface area contributed by atoms with Crippen molar-refractivity contribution in [2.45, 2.75) is 24.9 Å². The smallest absolute Gasteiger partial charge is 0.233 e. The van der Waals surface area contributed by atoms with Crippen LogP contribution in [0.15, 0.2) is 82.3 Å². The van der Waals surface area contributed by atoms with Crippen LogP contribution < -0.4 is 0 Å². The maximum absolute atomic E-state index is 12.8. The van der Waals surface area contributed by atoms with Gasteiger partial charge in [0, 0.05) is 11.4 Å². The molecule has 4 heteroatoms. The van der Waals surface area contributed by atoms with Gasteiger partial charge in [-0.15, -0.1) is 11.8 Å². The molecule has 0 saturated heterocycles. The molecule has 0 fully saturated rings. The number of rotatable bonds is 7. The second-order valence-corrected chi connectivity index (χ2v) is 6.89. The van der Waals surface area contributed by atoms with Crippen LogP contribution in [0.1, 0.15) is 16.9 Å². The van der Waals surface area contributed by atoms with E-state index in [-0.39, 0.29) is 5.91 Å². The van der Waals surface area contributed by atoms with Gasteiger partial charge in [0.05, 0.1) is 18.6 Å². The lowest BCUT2D eigenvalue weighted by atomic mass is 10.2. The molecular formula is C21H21NO2S. The first-order valence-electron chi connectivity index (χ1n) is 8.25. The number of benzene rings is 2. The van der Waals surface area contributed by atoms with Gasteiger partial charge in [-0.25, -0.2) is 0 Å². The summed E-state index contributed by atoms with van der Waals surface area (Å²) in [6.45, 7) is 3.13. The zero-order valence-corrected chi connectivity index (χ0v) is 15.0. The Morgan fingerprint density at radius 3 is 2.44 bits per heavy atom. The number of carbonyl (C=O) groups excluding carboxylic acids is 1. The summed E-state index contributed by atoms with van der Waals surface area (Å²) in [6, 6.07) is 21.9. The minimum absolute atomic E-state index is 0.105. The molecule has 0 saturated carbocycles. The molecule has 0 unspecified atom stereocenters. The van der Waals surface area contributed by atoms with E-state index in [1.165, 1.54) is 5.56 Å². The summed E-state index contributed by atoms with van der Waals surface area (Å²) in [6.07, 6.45) is 1.64. The summed E-state index contributed by atoms with van der Waals surface area (Å²) < 4.78 is 5.43. The second-order valence-electron chi connectivity index (χ2n) is 5.87. The molecule has 0 radical (unpaired) electrons. The Kier molecular flexibility index (Phi) is 5.96. The number of furan rings is 1. The van der Waals surface area contributed by atoms with E-state index in [0.29, 0.717) is 18.8 Å². The number of hydrogen-bond donors (Lipinski definition) is 0. The minimum Gasteiger partial charge on any atom is -0.467 e. The predicted molar refractivity (Wildman–Crippen MR) is 101 cm³/mol. The first kappa shape index (κ1) is 17.4. The quantitative estimate of drug-likeness (QED) is 0.567. The zero-order valence-electron chi connectivity index (χ0n) is 14.2. The van der Waals surface area contributed by atoms with E-state index in [1.54, 1.807) is 18.0 Å². The van der Waals surface area contributed by atoms with Gasteiger partial charge >= 0.3 is 0 Å². The second kappa shape index (κ2) is 8.58. The molecule has 1 heterocycles. The molecule has 0 aliphatic heterocycles. The normalized spacial score (nSPS) is 10.6. The van der Waals surface area contributed by atoms with Crippen LogP contribution in [0, 0.1) is 6.92 Å². The van der Waals surface area contributed by atoms with Crippen molar-refractivity contribution in [1.29, 1.82) is 0 Å². The van der Waals surface area contributed by atoms with Gasteiger partial charge in [-0.1, -0.05) is 48.5 Å². The lowest BCUT2D eigenvalue weighted by Gasteiger charge is -2.22. The Labute approximate surface area is 152 Å². The maximum Gasteiger partial charge on any atom is 0.233 e. The average Bonchev–Trinajstić information content (AvgIpc) is 3.14. The van der Waals surface area contributed by atoms with E-state index in [0.717, 1.165) is 16.2 Å². The third-order valence-electron chi connectivity index (χ3n) is 3.94. The Hall–Kier alpha value is -2.46. The predicted octanol–water partition coefficient (Wildman–Crippen LogP) is 4.91. The van der Waals surface area contributed by atoms with Crippen molar-refractivity contribution in [1.82, 2.24) is 4.90 Å². The number of hydrogen-bond acceptors (Lipinski definition) is 3. The SMILES string of the molecule is Cc1ccccc1SCC(=O)N(Cc1ccccc1)Cc1ccco1. The van der Waals surface area contributed by atoms with Crippen molar-refractivity contribution in [3.8, 4) is 0 Å². The molecule has 0 atom stereocenters. The highest BCUT2D eigenvalue weighted by Gasteiger charge is 2.16. The van der Waals surface area contributed by atoms with Crippen LogP contribution in [0.2, 0.25) is 0 Å². The molecule has 25 heavy (non-hydrogen) atoms. The van der Waals surface area contributed by atoms with Gasteiger partial charge in [0.15, 0.2) is 0 Å². The van der Waals surface area contributed by atoms with Gasteiger partial charge < -0.3 is 9.32 Å². The van der Waals surface area contributed by atoms with Crippen LogP contribution in [-0.2, 0) is 17.9 Å². The van der Waals surface area contributed by atoms with Gasteiger partial charge in [0.2, 0.25) is 5.91 Å². The molecule has 3 nitrogen and oxygen atoms in total. The highest BCUT2D eigenvalue weighted by Crippen LogP contribution is 2.23. The van der Waals surface area contributed by atoms with Crippen molar-refractivity contribution in [2.75, 3.05) is 5.75 Å². The molecule has 0 aliphatic rings. The van der Waals surface area contributed by atoms with E-state index in [9.17, 15) is 4.79 Å². The standard InChI is InChI=1S/C21H21NO2S/c1-17-8-5-6-12-20(17)25-16-21(23)22(15-19-11-7-13-24-19)14-18-9-3-2-4-10-18/h2-13H,14-16H2,1H3. The van der Waals surface area contributed by atoms with Crippen LogP contribution in [0.25, 0.3) is 0 Å². The van der Waals surface area contributed by atoms with Crippen LogP contribution in [0.5, 0.6) is 0 Å². The topological polar surface area (TPSA) is 33.5 Å². The summed E-state index contributed by atoms with van der Waals surface area (Å²) in [5.74, 6) is 1.32. The molecule has 0 bridgehead atoms. The molecule has 1 amide bonds. The van der Waals surface area contributed by atoms with Gasteiger partial charge in [-0.2, -0.15) is 0 Å². The fourth-order valence-electron chi connectivity index (χ4n) is 2.58. The number of aryl methyl sites for hydroxylation is 1. The number of thioether (sulfide) groups is 1. The van der Waals surface area contributed by atoms with Crippen LogP contribution in [0.3, 0.4) is 0 Å². The Morgan fingerprint density at radius 2 is 1.72 bits per heavy atom. The summed E-state index contributed by atoms with van der Waals surface area (Å²) in [5.41, 5.74) is 2.31. The zero-order chi connectivity index (χ0) is 17.5. The van der Waals surface area contributed by atoms with Crippen LogP contribution in [0.4, 0.5) is 0 Å². The lowest BCUT2D eigenvalue weighted by molar-refractivity contribution is -0.129. The van der Waals surface area contributed by atoms with Crippen LogP contribution in [-0.4, -0.2) is 16.6 Å². The van der Waals surface area contributed by atoms with Gasteiger partial charge in [-0.3, -0.25) is 4.79 Å². The molecule has 3 rings (SSSR count). The molecule has 0 aliphatic carbocycles. The fourth-order valence-corrected chi connectivity index (χ4v) is 3.51. The average molecular weight is 351 g/mol. The first-order valence-corrected chi connectivity index (χ1v) is 9.23. The highest BCUT2D eigenvalue weighted by molar-refractivity contribution is 8.00. The van der Waals surface area contributed by atoms with Gasteiger partial charge in [-0.05, 0) is 36.2 Å². The highest BCUT2D eigenvalue weighted by atomic mass is 32.2. The third-order valence-corrected chi connectivity index (χ3v) is 5.10. The van der Waals surface area contributed by atoms with Crippen molar-refractivity contribution in [2.24, 2.45) is 0 Å². The molecule has 1 aromatic heterocycles. The Bertz CT molecular complexity index is 800. The van der Waals surface area contributed by atoms with Crippen molar-refractivity contribution < 1.29 is 9.21 Å². The monoisotopic (exact) mass is 351 g/mol. The number of carbonyl (C=O) groups is 1. The number of nitrogens with zero attached hydrogens (tertiary/aromatic N) is 1. The summed E-state index contributed by atoms with van der Waals surface area (Å²) in [4.78, 5) is 15.8. The lowest BCUT2D eigenvalue weighted by Crippen LogP contribution is -2.31. The maximum atomic E-state index is 12.8. The Morgan fingerprint density at radius 1 is 0.960 bits per heavy atom. The largest absolute Gasteiger partial charge is 0.467 e. The summed E-state index contributed by atoms with van der Waals surface area (Å²) in [5, 5.41) is 0. The van der Waals surface area contributed by atoms with E-state index < -0.39 is 0 Å². The van der Waals surface area contributed by atoms with Crippen molar-refractivity contribution in [3.63, 3.8) is 0 Å². The molecule has 128 valence electrons. The fraction of sp³-hybridized carbons (Fsp3) is 0.190. The van der Waals surface area contributed by atoms with E-state index in [1.807, 2.05) is 59.5 Å². The summed E-state index contributed by atoms with van der Waals surface area (Å²) in [7, 11) is 0. The van der Waals surface area contributed by atoms with Gasteiger partial charge in [0.1, 0.15) is 5.76 Å². The summed E-state index contributed by atoms with van der Waals surface area (Å²) >= 11 is 1.58. The first-order chi connectivity index (χ1) is 12.2. The van der Waals surface area contributed by atoms with Crippen LogP contribution >= 0.6 is 11.8 Å². The number of amides is 1. The molecule has 0 N–H and O–H groups in total. The molecular weight excluding hydrogens is 330 g/mol. The van der Waals surface area contributed by atoms with Gasteiger partial charge in [0.25, 0.3) is 0 Å².